The third-order valence-electron chi connectivity index (χ3n) is 4.63. The van der Waals surface area contributed by atoms with Crippen LogP contribution in [0.25, 0.3) is 0 Å². The van der Waals surface area contributed by atoms with E-state index in [9.17, 15) is 0 Å². The van der Waals surface area contributed by atoms with E-state index < -0.39 is 0 Å². The van der Waals surface area contributed by atoms with E-state index >= 15 is 0 Å². The molecule has 1 aliphatic heterocycles. The number of unbranched alkanes of at least 4 members (excludes halogenated alkanes) is 1. The lowest BCUT2D eigenvalue weighted by molar-refractivity contribution is 0.0799. The monoisotopic (exact) mass is 266 g/mol. The number of hydrogen-bond donors (Lipinski definition) is 1. The summed E-state index contributed by atoms with van der Waals surface area (Å²) in [5.74, 6) is 0. The summed E-state index contributed by atoms with van der Waals surface area (Å²) in [4.78, 5) is 2.72. The molecule has 0 aromatic heterocycles. The van der Waals surface area contributed by atoms with Crippen molar-refractivity contribution in [3.8, 4) is 0 Å². The molecule has 0 amide bonds. The summed E-state index contributed by atoms with van der Waals surface area (Å²) in [5, 5.41) is 3.72. The fraction of sp³-hybridized carbons (Fsp3) is 0.882. The van der Waals surface area contributed by atoms with Crippen LogP contribution in [0.1, 0.15) is 65.7 Å². The maximum absolute atomic E-state index is 3.84. The summed E-state index contributed by atoms with van der Waals surface area (Å²) in [5.41, 5.74) is 0.265. The van der Waals surface area contributed by atoms with Gasteiger partial charge in [0.05, 0.1) is 0 Å². The minimum absolute atomic E-state index is 0.265. The number of nitrogens with zero attached hydrogens (tertiary/aromatic N) is 1. The zero-order valence-electron chi connectivity index (χ0n) is 13.4. The van der Waals surface area contributed by atoms with Crippen LogP contribution in [0.5, 0.6) is 0 Å². The van der Waals surface area contributed by atoms with E-state index in [1.54, 1.807) is 0 Å². The van der Waals surface area contributed by atoms with Gasteiger partial charge in [-0.25, -0.2) is 0 Å². The van der Waals surface area contributed by atoms with Gasteiger partial charge in [-0.15, -0.1) is 6.58 Å². The van der Waals surface area contributed by atoms with Crippen LogP contribution in [0.15, 0.2) is 12.7 Å². The molecule has 1 heterocycles. The molecule has 1 saturated heterocycles. The van der Waals surface area contributed by atoms with Gasteiger partial charge in [-0.05, 0) is 65.6 Å². The highest BCUT2D eigenvalue weighted by atomic mass is 15.2. The maximum atomic E-state index is 3.84. The molecule has 2 nitrogen and oxygen atoms in total. The summed E-state index contributed by atoms with van der Waals surface area (Å²) in [6, 6.07) is 0.593. The minimum atomic E-state index is 0.265. The largest absolute Gasteiger partial charge is 0.312 e. The number of hydrogen-bond acceptors (Lipinski definition) is 2. The average Bonchev–Trinajstić information content (AvgIpc) is 2.67. The number of rotatable bonds is 8. The van der Waals surface area contributed by atoms with E-state index in [1.165, 1.54) is 51.6 Å². The Morgan fingerprint density at radius 3 is 2.37 bits per heavy atom. The van der Waals surface area contributed by atoms with E-state index in [0.717, 1.165) is 13.0 Å². The molecule has 1 atom stereocenters. The molecule has 1 aliphatic rings. The SMILES string of the molecule is C=CCCCC(NCC)C(C)(C)N1CCCCCC1. The van der Waals surface area contributed by atoms with Gasteiger partial charge in [0.25, 0.3) is 0 Å². The Bertz CT molecular complexity index is 240. The van der Waals surface area contributed by atoms with Gasteiger partial charge >= 0.3 is 0 Å². The van der Waals surface area contributed by atoms with Crippen LogP contribution >= 0.6 is 0 Å². The molecule has 19 heavy (non-hydrogen) atoms. The van der Waals surface area contributed by atoms with Crippen LogP contribution in [0.2, 0.25) is 0 Å². The molecule has 1 rings (SSSR count). The van der Waals surface area contributed by atoms with Crippen molar-refractivity contribution in [3.63, 3.8) is 0 Å². The molecule has 2 heteroatoms. The van der Waals surface area contributed by atoms with Crippen LogP contribution < -0.4 is 5.32 Å². The second-order valence-electron chi connectivity index (χ2n) is 6.38. The zero-order valence-corrected chi connectivity index (χ0v) is 13.4. The molecule has 0 aromatic rings. The Morgan fingerprint density at radius 1 is 1.21 bits per heavy atom. The third kappa shape index (κ3) is 5.27. The first-order valence-electron chi connectivity index (χ1n) is 8.22. The zero-order chi connectivity index (χ0) is 14.1. The van der Waals surface area contributed by atoms with Crippen LogP contribution in [0, 0.1) is 0 Å². The highest BCUT2D eigenvalue weighted by molar-refractivity contribution is 4.94. The van der Waals surface area contributed by atoms with Gasteiger partial charge in [0.15, 0.2) is 0 Å². The predicted molar refractivity (Wildman–Crippen MR) is 85.6 cm³/mol. The van der Waals surface area contributed by atoms with Crippen LogP contribution in [-0.4, -0.2) is 36.1 Å². The Morgan fingerprint density at radius 2 is 1.84 bits per heavy atom. The Labute approximate surface area is 120 Å². The second kappa shape index (κ2) is 8.76. The lowest BCUT2D eigenvalue weighted by atomic mass is 9.88. The molecule has 0 bridgehead atoms. The summed E-state index contributed by atoms with van der Waals surface area (Å²) in [7, 11) is 0. The quantitative estimate of drug-likeness (QED) is 0.528. The molecule has 0 radical (unpaired) electrons. The van der Waals surface area contributed by atoms with Crippen LogP contribution in [0.3, 0.4) is 0 Å². The van der Waals surface area contributed by atoms with Gasteiger partial charge in [-0.1, -0.05) is 25.8 Å². The Balaban J connectivity index is 2.63. The maximum Gasteiger partial charge on any atom is 0.0306 e. The first-order chi connectivity index (χ1) is 9.12. The molecular weight excluding hydrogens is 232 g/mol. The predicted octanol–water partition coefficient (Wildman–Crippen LogP) is 3.98. The molecule has 0 aromatic carbocycles. The van der Waals surface area contributed by atoms with Crippen molar-refractivity contribution in [2.45, 2.75) is 77.3 Å². The summed E-state index contributed by atoms with van der Waals surface area (Å²) < 4.78 is 0. The smallest absolute Gasteiger partial charge is 0.0306 e. The van der Waals surface area contributed by atoms with E-state index in [0.29, 0.717) is 6.04 Å². The minimum Gasteiger partial charge on any atom is -0.312 e. The topological polar surface area (TPSA) is 15.3 Å². The van der Waals surface area contributed by atoms with Gasteiger partial charge < -0.3 is 5.32 Å². The van der Waals surface area contributed by atoms with Crippen molar-refractivity contribution >= 4 is 0 Å². The Kier molecular flexibility index (Phi) is 7.70. The number of allylic oxidation sites excluding steroid dienone is 1. The first kappa shape index (κ1) is 16.7. The highest BCUT2D eigenvalue weighted by Crippen LogP contribution is 2.26. The number of likely N-dealkylation sites (tertiary alicyclic amines) is 1. The lowest BCUT2D eigenvalue weighted by Crippen LogP contribution is -2.58. The lowest BCUT2D eigenvalue weighted by Gasteiger charge is -2.44. The van der Waals surface area contributed by atoms with E-state index in [4.69, 9.17) is 0 Å². The third-order valence-corrected chi connectivity index (χ3v) is 4.63. The fourth-order valence-electron chi connectivity index (χ4n) is 3.29. The van der Waals surface area contributed by atoms with Crippen molar-refractivity contribution < 1.29 is 0 Å². The summed E-state index contributed by atoms with van der Waals surface area (Å²) in [6.45, 7) is 14.5. The van der Waals surface area contributed by atoms with Gasteiger partial charge in [-0.3, -0.25) is 4.90 Å². The van der Waals surface area contributed by atoms with Crippen molar-refractivity contribution in [1.82, 2.24) is 10.2 Å². The Hall–Kier alpha value is -0.340. The molecule has 0 aliphatic carbocycles. The van der Waals surface area contributed by atoms with Crippen molar-refractivity contribution in [2.75, 3.05) is 19.6 Å². The molecular formula is C17H34N2. The standard InChI is InChI=1S/C17H34N2/c1-5-7-10-13-16(18-6-2)17(3,4)19-14-11-8-9-12-15-19/h5,16,18H,1,6-15H2,2-4H3. The fourth-order valence-corrected chi connectivity index (χ4v) is 3.29. The van der Waals surface area contributed by atoms with E-state index in [2.05, 4.69) is 37.6 Å². The van der Waals surface area contributed by atoms with E-state index in [-0.39, 0.29) is 5.54 Å². The molecule has 1 N–H and O–H groups in total. The van der Waals surface area contributed by atoms with Crippen LogP contribution in [0.4, 0.5) is 0 Å². The van der Waals surface area contributed by atoms with E-state index in [1.807, 2.05) is 6.08 Å². The number of nitrogens with one attached hydrogen (secondary N) is 1. The van der Waals surface area contributed by atoms with Crippen molar-refractivity contribution in [2.24, 2.45) is 0 Å². The average molecular weight is 266 g/mol. The first-order valence-corrected chi connectivity index (χ1v) is 8.22. The summed E-state index contributed by atoms with van der Waals surface area (Å²) in [6.07, 6.45) is 11.2. The van der Waals surface area contributed by atoms with Crippen molar-refractivity contribution in [3.05, 3.63) is 12.7 Å². The van der Waals surface area contributed by atoms with Gasteiger partial charge in [0.2, 0.25) is 0 Å². The molecule has 0 saturated carbocycles. The van der Waals surface area contributed by atoms with Gasteiger partial charge in [0, 0.05) is 11.6 Å². The summed E-state index contributed by atoms with van der Waals surface area (Å²) >= 11 is 0. The van der Waals surface area contributed by atoms with Gasteiger partial charge in [0.1, 0.15) is 0 Å². The second-order valence-corrected chi connectivity index (χ2v) is 6.38. The van der Waals surface area contributed by atoms with Crippen LogP contribution in [-0.2, 0) is 0 Å². The molecule has 0 spiro atoms. The van der Waals surface area contributed by atoms with Crippen molar-refractivity contribution in [1.29, 1.82) is 0 Å². The number of likely N-dealkylation sites (N-methyl/N-ethyl adjacent to an activating group) is 1. The molecule has 1 unspecified atom stereocenters. The molecule has 1 fully saturated rings. The molecule has 112 valence electrons. The van der Waals surface area contributed by atoms with Gasteiger partial charge in [-0.2, -0.15) is 0 Å². The normalized spacial score (nSPS) is 19.9. The highest BCUT2D eigenvalue weighted by Gasteiger charge is 2.34.